The van der Waals surface area contributed by atoms with E-state index in [2.05, 4.69) is 16.3 Å². The largest absolute Gasteiger partial charge is 0.385 e. The van der Waals surface area contributed by atoms with E-state index in [9.17, 15) is 18.5 Å². The van der Waals surface area contributed by atoms with E-state index in [0.29, 0.717) is 5.56 Å². The molecule has 4 rings (SSSR count). The molecule has 1 heterocycles. The molecule has 1 aliphatic carbocycles. The van der Waals surface area contributed by atoms with E-state index in [1.54, 1.807) is 19.2 Å². The maximum Gasteiger partial charge on any atom is 0.269 e. The Kier molecular flexibility index (Phi) is 7.16. The second-order valence-electron chi connectivity index (χ2n) is 9.09. The molecule has 180 valence electrons. The van der Waals surface area contributed by atoms with Crippen LogP contribution in [0.2, 0.25) is 0 Å². The Balaban J connectivity index is 1.31. The molecule has 1 N–H and O–H groups in total. The van der Waals surface area contributed by atoms with E-state index in [0.717, 1.165) is 51.1 Å². The lowest BCUT2D eigenvalue weighted by molar-refractivity contribution is -0.384. The molecule has 0 spiro atoms. The quantitative estimate of drug-likeness (QED) is 0.330. The van der Waals surface area contributed by atoms with Crippen LogP contribution in [0.25, 0.3) is 0 Å². The summed E-state index contributed by atoms with van der Waals surface area (Å²) in [7, 11) is -2.08. The van der Waals surface area contributed by atoms with Crippen LogP contribution in [-0.2, 0) is 10.0 Å². The minimum Gasteiger partial charge on any atom is -0.385 e. The fourth-order valence-corrected chi connectivity index (χ4v) is 6.81. The number of non-ortho nitro benzene ring substituents is 1. The van der Waals surface area contributed by atoms with E-state index < -0.39 is 14.9 Å². The van der Waals surface area contributed by atoms with Gasteiger partial charge in [0.15, 0.2) is 0 Å². The molecule has 34 heavy (non-hydrogen) atoms. The average molecular weight is 484 g/mol. The van der Waals surface area contributed by atoms with Gasteiger partial charge in [-0.2, -0.15) is 9.57 Å². The lowest BCUT2D eigenvalue weighted by Crippen LogP contribution is -2.53. The third-order valence-electron chi connectivity index (χ3n) is 7.00. The van der Waals surface area contributed by atoms with Gasteiger partial charge in [0.05, 0.1) is 21.5 Å². The van der Waals surface area contributed by atoms with Gasteiger partial charge in [-0.05, 0) is 74.0 Å². The zero-order valence-electron chi connectivity index (χ0n) is 19.1. The number of nitro groups is 1. The SMILES string of the molecule is CN(C1C2CCC1CN(CCCNc1ccc(C#N)cc1)C2)S(=O)(=O)c1ccc([N+](=O)[O-])cc1. The van der Waals surface area contributed by atoms with Crippen LogP contribution in [0.4, 0.5) is 11.4 Å². The number of likely N-dealkylation sites (tertiary alicyclic amines) is 1. The third kappa shape index (κ3) is 5.06. The van der Waals surface area contributed by atoms with Crippen LogP contribution < -0.4 is 5.32 Å². The summed E-state index contributed by atoms with van der Waals surface area (Å²) in [4.78, 5) is 12.9. The number of nitriles is 1. The van der Waals surface area contributed by atoms with Crippen molar-refractivity contribution in [1.82, 2.24) is 9.21 Å². The summed E-state index contributed by atoms with van der Waals surface area (Å²) >= 11 is 0. The first-order valence-corrected chi connectivity index (χ1v) is 12.9. The Hall–Kier alpha value is -3.00. The molecule has 2 fully saturated rings. The van der Waals surface area contributed by atoms with Gasteiger partial charge >= 0.3 is 0 Å². The molecule has 0 amide bonds. The van der Waals surface area contributed by atoms with Crippen molar-refractivity contribution >= 4 is 21.4 Å². The molecule has 0 radical (unpaired) electrons. The Labute approximate surface area is 200 Å². The maximum atomic E-state index is 13.2. The number of nitrogens with one attached hydrogen (secondary N) is 1. The Morgan fingerprint density at radius 3 is 2.29 bits per heavy atom. The molecule has 2 bridgehead atoms. The smallest absolute Gasteiger partial charge is 0.269 e. The van der Waals surface area contributed by atoms with E-state index in [-0.39, 0.29) is 28.5 Å². The number of nitrogens with zero attached hydrogens (tertiary/aromatic N) is 4. The molecule has 2 aromatic rings. The minimum absolute atomic E-state index is 0.0479. The zero-order chi connectivity index (χ0) is 24.3. The Morgan fingerprint density at radius 1 is 1.12 bits per heavy atom. The van der Waals surface area contributed by atoms with E-state index >= 15 is 0 Å². The molecule has 1 saturated heterocycles. The van der Waals surface area contributed by atoms with Crippen LogP contribution in [0.3, 0.4) is 0 Å². The summed E-state index contributed by atoms with van der Waals surface area (Å²) in [6.07, 6.45) is 2.99. The van der Waals surface area contributed by atoms with Crippen molar-refractivity contribution in [1.29, 1.82) is 5.26 Å². The van der Waals surface area contributed by atoms with Gasteiger partial charge in [0.25, 0.3) is 5.69 Å². The summed E-state index contributed by atoms with van der Waals surface area (Å²) in [5.41, 5.74) is 1.52. The van der Waals surface area contributed by atoms with Crippen molar-refractivity contribution in [2.45, 2.75) is 30.2 Å². The fraction of sp³-hybridized carbons (Fsp3) is 0.458. The highest BCUT2D eigenvalue weighted by Crippen LogP contribution is 2.41. The third-order valence-corrected chi connectivity index (χ3v) is 8.87. The fourth-order valence-electron chi connectivity index (χ4n) is 5.33. The zero-order valence-corrected chi connectivity index (χ0v) is 19.9. The molecule has 2 aliphatic rings. The molecule has 10 heteroatoms. The van der Waals surface area contributed by atoms with Crippen LogP contribution in [0.15, 0.2) is 53.4 Å². The van der Waals surface area contributed by atoms with Crippen molar-refractivity contribution in [2.75, 3.05) is 38.5 Å². The number of piperidine rings is 1. The molecular weight excluding hydrogens is 454 g/mol. The minimum atomic E-state index is -3.72. The molecular formula is C24H29N5O4S. The second-order valence-corrected chi connectivity index (χ2v) is 11.1. The number of fused-ring (bicyclic) bond motifs is 2. The molecule has 2 aromatic carbocycles. The number of rotatable bonds is 9. The first-order valence-electron chi connectivity index (χ1n) is 11.5. The maximum absolute atomic E-state index is 13.2. The van der Waals surface area contributed by atoms with Gasteiger partial charge in [-0.25, -0.2) is 8.42 Å². The number of benzene rings is 2. The Bertz CT molecular complexity index is 1150. The van der Waals surface area contributed by atoms with E-state index in [1.165, 1.54) is 28.6 Å². The molecule has 2 unspecified atom stereocenters. The van der Waals surface area contributed by atoms with E-state index in [4.69, 9.17) is 5.26 Å². The predicted molar refractivity (Wildman–Crippen MR) is 129 cm³/mol. The number of hydrogen-bond acceptors (Lipinski definition) is 7. The highest BCUT2D eigenvalue weighted by molar-refractivity contribution is 7.89. The van der Waals surface area contributed by atoms with Gasteiger partial charge < -0.3 is 10.2 Å². The average Bonchev–Trinajstić information content (AvgIpc) is 3.11. The molecule has 1 aliphatic heterocycles. The lowest BCUT2D eigenvalue weighted by atomic mass is 9.92. The number of nitro benzene ring substituents is 1. The van der Waals surface area contributed by atoms with Gasteiger partial charge in [-0.1, -0.05) is 0 Å². The number of sulfonamides is 1. The highest BCUT2D eigenvalue weighted by atomic mass is 32.2. The molecule has 9 nitrogen and oxygen atoms in total. The summed E-state index contributed by atoms with van der Waals surface area (Å²) < 4.78 is 27.9. The molecule has 1 saturated carbocycles. The van der Waals surface area contributed by atoms with Crippen LogP contribution in [-0.4, -0.2) is 61.8 Å². The summed E-state index contributed by atoms with van der Waals surface area (Å²) in [5.74, 6) is 0.561. The lowest BCUT2D eigenvalue weighted by Gasteiger charge is -2.41. The summed E-state index contributed by atoms with van der Waals surface area (Å²) in [5, 5.41) is 23.2. The van der Waals surface area contributed by atoms with Crippen LogP contribution in [0.5, 0.6) is 0 Å². The predicted octanol–water partition coefficient (Wildman–Crippen LogP) is 3.30. The van der Waals surface area contributed by atoms with Gasteiger partial charge in [-0.3, -0.25) is 10.1 Å². The summed E-state index contributed by atoms with van der Waals surface area (Å²) in [6.45, 7) is 3.52. The standard InChI is InChI=1S/C24H29N5O4S/c1-27(34(32,33)23-11-9-22(10-12-23)29(30)31)24-19-5-6-20(24)17-28(16-19)14-2-13-26-21-7-3-18(15-25)4-8-21/h3-4,7-12,19-20,24,26H,2,5-6,13-14,16-17H2,1H3. The van der Waals surface area contributed by atoms with Crippen LogP contribution in [0, 0.1) is 33.3 Å². The second kappa shape index (κ2) is 10.1. The topological polar surface area (TPSA) is 120 Å². The van der Waals surface area contributed by atoms with Crippen LogP contribution in [0.1, 0.15) is 24.8 Å². The number of anilines is 1. The molecule has 2 atom stereocenters. The van der Waals surface area contributed by atoms with Crippen LogP contribution >= 0.6 is 0 Å². The van der Waals surface area contributed by atoms with Crippen molar-refractivity contribution in [2.24, 2.45) is 11.8 Å². The van der Waals surface area contributed by atoms with Crippen molar-refractivity contribution in [3.63, 3.8) is 0 Å². The first-order chi connectivity index (χ1) is 16.3. The van der Waals surface area contributed by atoms with Crippen molar-refractivity contribution in [3.05, 3.63) is 64.2 Å². The first kappa shape index (κ1) is 24.1. The van der Waals surface area contributed by atoms with Gasteiger partial charge in [0, 0.05) is 50.5 Å². The van der Waals surface area contributed by atoms with E-state index in [1.807, 2.05) is 12.1 Å². The monoisotopic (exact) mass is 483 g/mol. The number of hydrogen-bond donors (Lipinski definition) is 1. The van der Waals surface area contributed by atoms with Crippen molar-refractivity contribution in [3.8, 4) is 6.07 Å². The molecule has 0 aromatic heterocycles. The summed E-state index contributed by atoms with van der Waals surface area (Å²) in [6, 6.07) is 14.6. The normalized spacial score (nSPS) is 22.4. The Morgan fingerprint density at radius 2 is 1.74 bits per heavy atom. The van der Waals surface area contributed by atoms with Gasteiger partial charge in [0.2, 0.25) is 10.0 Å². The highest BCUT2D eigenvalue weighted by Gasteiger charge is 2.46. The van der Waals surface area contributed by atoms with Crippen molar-refractivity contribution < 1.29 is 13.3 Å². The van der Waals surface area contributed by atoms with Gasteiger partial charge in [-0.15, -0.1) is 0 Å². The van der Waals surface area contributed by atoms with Gasteiger partial charge in [0.1, 0.15) is 0 Å².